The van der Waals surface area contributed by atoms with Gasteiger partial charge < -0.3 is 15.5 Å². The van der Waals surface area contributed by atoms with E-state index in [0.717, 1.165) is 31.7 Å². The van der Waals surface area contributed by atoms with E-state index in [0.29, 0.717) is 0 Å². The Labute approximate surface area is 102 Å². The number of hydrogen-bond donors (Lipinski definition) is 1. The van der Waals surface area contributed by atoms with E-state index < -0.39 is 6.04 Å². The predicted octanol–water partition coefficient (Wildman–Crippen LogP) is 0.460. The van der Waals surface area contributed by atoms with Crippen LogP contribution in [0.4, 0.5) is 0 Å². The van der Waals surface area contributed by atoms with E-state index in [-0.39, 0.29) is 5.91 Å². The van der Waals surface area contributed by atoms with Crippen molar-refractivity contribution in [3.8, 4) is 0 Å². The quantitative estimate of drug-likeness (QED) is 0.807. The molecule has 0 aliphatic carbocycles. The highest BCUT2D eigenvalue weighted by atomic mass is 16.2. The second-order valence-electron chi connectivity index (χ2n) is 4.52. The highest BCUT2D eigenvalue weighted by molar-refractivity contribution is 5.83. The first kappa shape index (κ1) is 12.1. The van der Waals surface area contributed by atoms with Crippen LogP contribution < -0.4 is 5.73 Å². The number of carbonyl (C=O) groups excluding carboxylic acids is 1. The Balaban J connectivity index is 2.00. The van der Waals surface area contributed by atoms with Crippen LogP contribution in [0.3, 0.4) is 0 Å². The van der Waals surface area contributed by atoms with E-state index in [1.54, 1.807) is 0 Å². The van der Waals surface area contributed by atoms with Crippen molar-refractivity contribution in [3.05, 3.63) is 35.9 Å². The summed E-state index contributed by atoms with van der Waals surface area (Å²) < 4.78 is 0. The van der Waals surface area contributed by atoms with Crippen LogP contribution in [0.15, 0.2) is 30.3 Å². The summed E-state index contributed by atoms with van der Waals surface area (Å²) in [5.74, 6) is 0.0318. The molecule has 1 aromatic rings. The maximum absolute atomic E-state index is 12.2. The molecule has 0 radical (unpaired) electrons. The first-order valence-corrected chi connectivity index (χ1v) is 5.96. The molecule has 1 unspecified atom stereocenters. The Morgan fingerprint density at radius 2 is 1.76 bits per heavy atom. The number of nitrogens with two attached hydrogens (primary N) is 1. The maximum atomic E-state index is 12.2. The number of hydrogen-bond acceptors (Lipinski definition) is 3. The van der Waals surface area contributed by atoms with Crippen LogP contribution in [0.5, 0.6) is 0 Å². The Kier molecular flexibility index (Phi) is 3.76. The topological polar surface area (TPSA) is 49.6 Å². The zero-order chi connectivity index (χ0) is 12.3. The molecule has 0 spiro atoms. The predicted molar refractivity (Wildman–Crippen MR) is 67.4 cm³/mol. The zero-order valence-corrected chi connectivity index (χ0v) is 10.2. The van der Waals surface area contributed by atoms with Crippen LogP contribution in [0.1, 0.15) is 11.6 Å². The van der Waals surface area contributed by atoms with Gasteiger partial charge in [0.25, 0.3) is 0 Å². The van der Waals surface area contributed by atoms with Gasteiger partial charge in [-0.25, -0.2) is 0 Å². The van der Waals surface area contributed by atoms with Gasteiger partial charge in [-0.3, -0.25) is 4.79 Å². The van der Waals surface area contributed by atoms with Gasteiger partial charge in [-0.05, 0) is 12.6 Å². The van der Waals surface area contributed by atoms with Gasteiger partial charge in [0, 0.05) is 26.2 Å². The summed E-state index contributed by atoms with van der Waals surface area (Å²) in [5.41, 5.74) is 6.88. The molecule has 2 N–H and O–H groups in total. The van der Waals surface area contributed by atoms with Crippen molar-refractivity contribution in [3.63, 3.8) is 0 Å². The molecule has 1 aromatic carbocycles. The highest BCUT2D eigenvalue weighted by Crippen LogP contribution is 2.13. The van der Waals surface area contributed by atoms with Gasteiger partial charge in [0.2, 0.25) is 5.91 Å². The molecule has 0 aromatic heterocycles. The highest BCUT2D eigenvalue weighted by Gasteiger charge is 2.24. The average molecular weight is 233 g/mol. The maximum Gasteiger partial charge on any atom is 0.244 e. The first-order valence-electron chi connectivity index (χ1n) is 5.96. The van der Waals surface area contributed by atoms with Crippen LogP contribution in [0.25, 0.3) is 0 Å². The fourth-order valence-corrected chi connectivity index (χ4v) is 2.03. The van der Waals surface area contributed by atoms with Gasteiger partial charge in [-0.2, -0.15) is 0 Å². The van der Waals surface area contributed by atoms with Crippen LogP contribution >= 0.6 is 0 Å². The second kappa shape index (κ2) is 5.29. The molecule has 1 aliphatic heterocycles. The zero-order valence-electron chi connectivity index (χ0n) is 10.2. The van der Waals surface area contributed by atoms with E-state index in [4.69, 9.17) is 5.73 Å². The number of amides is 1. The Hall–Kier alpha value is -1.39. The Bertz CT molecular complexity index is 372. The van der Waals surface area contributed by atoms with E-state index in [1.807, 2.05) is 35.2 Å². The molecular weight excluding hydrogens is 214 g/mol. The summed E-state index contributed by atoms with van der Waals surface area (Å²) in [4.78, 5) is 16.3. The van der Waals surface area contributed by atoms with Crippen molar-refractivity contribution in [2.45, 2.75) is 6.04 Å². The van der Waals surface area contributed by atoms with Crippen molar-refractivity contribution >= 4 is 5.91 Å². The third kappa shape index (κ3) is 2.84. The fraction of sp³-hybridized carbons (Fsp3) is 0.462. The van der Waals surface area contributed by atoms with Gasteiger partial charge in [0.1, 0.15) is 6.04 Å². The summed E-state index contributed by atoms with van der Waals surface area (Å²) in [6.07, 6.45) is 0. The molecule has 2 rings (SSSR count). The van der Waals surface area contributed by atoms with Crippen molar-refractivity contribution in [2.24, 2.45) is 5.73 Å². The number of carbonyl (C=O) groups is 1. The van der Waals surface area contributed by atoms with Gasteiger partial charge in [-0.15, -0.1) is 0 Å². The lowest BCUT2D eigenvalue weighted by Gasteiger charge is -2.33. The lowest BCUT2D eigenvalue weighted by atomic mass is 10.1. The SMILES string of the molecule is CN1CCN(C(=O)C(N)c2ccccc2)CC1. The second-order valence-corrected chi connectivity index (χ2v) is 4.52. The van der Waals surface area contributed by atoms with Crippen LogP contribution in [-0.4, -0.2) is 48.9 Å². The summed E-state index contributed by atoms with van der Waals surface area (Å²) in [7, 11) is 2.07. The molecule has 1 atom stereocenters. The molecule has 1 heterocycles. The van der Waals surface area contributed by atoms with Crippen molar-refractivity contribution in [1.82, 2.24) is 9.80 Å². The normalized spacial score (nSPS) is 19.1. The van der Waals surface area contributed by atoms with Gasteiger partial charge in [0.05, 0.1) is 0 Å². The Morgan fingerprint density at radius 1 is 1.18 bits per heavy atom. The molecule has 92 valence electrons. The third-order valence-electron chi connectivity index (χ3n) is 3.24. The first-order chi connectivity index (χ1) is 8.18. The van der Waals surface area contributed by atoms with Crippen LogP contribution in [-0.2, 0) is 4.79 Å². The van der Waals surface area contributed by atoms with Gasteiger partial charge in [-0.1, -0.05) is 30.3 Å². The molecule has 0 saturated carbocycles. The molecule has 4 heteroatoms. The number of likely N-dealkylation sites (N-methyl/N-ethyl adjacent to an activating group) is 1. The van der Waals surface area contributed by atoms with E-state index >= 15 is 0 Å². The number of nitrogens with zero attached hydrogens (tertiary/aromatic N) is 2. The van der Waals surface area contributed by atoms with Crippen molar-refractivity contribution in [1.29, 1.82) is 0 Å². The number of rotatable bonds is 2. The van der Waals surface area contributed by atoms with Crippen LogP contribution in [0.2, 0.25) is 0 Å². The van der Waals surface area contributed by atoms with Crippen molar-refractivity contribution < 1.29 is 4.79 Å². The average Bonchev–Trinajstić information content (AvgIpc) is 2.39. The molecule has 1 fully saturated rings. The lowest BCUT2D eigenvalue weighted by Crippen LogP contribution is -2.49. The van der Waals surface area contributed by atoms with Crippen molar-refractivity contribution in [2.75, 3.05) is 33.2 Å². The van der Waals surface area contributed by atoms with E-state index in [2.05, 4.69) is 11.9 Å². The molecular formula is C13H19N3O. The fourth-order valence-electron chi connectivity index (χ4n) is 2.03. The van der Waals surface area contributed by atoms with Gasteiger partial charge in [0.15, 0.2) is 0 Å². The smallest absolute Gasteiger partial charge is 0.244 e. The minimum atomic E-state index is -0.528. The molecule has 1 saturated heterocycles. The number of piperazine rings is 1. The summed E-state index contributed by atoms with van der Waals surface area (Å²) in [6, 6.07) is 9.02. The van der Waals surface area contributed by atoms with Crippen LogP contribution in [0, 0.1) is 0 Å². The minimum Gasteiger partial charge on any atom is -0.338 e. The minimum absolute atomic E-state index is 0.0318. The molecule has 0 bridgehead atoms. The summed E-state index contributed by atoms with van der Waals surface area (Å²) in [5, 5.41) is 0. The molecule has 17 heavy (non-hydrogen) atoms. The summed E-state index contributed by atoms with van der Waals surface area (Å²) in [6.45, 7) is 3.40. The largest absolute Gasteiger partial charge is 0.338 e. The monoisotopic (exact) mass is 233 g/mol. The third-order valence-corrected chi connectivity index (χ3v) is 3.24. The molecule has 4 nitrogen and oxygen atoms in total. The molecule has 1 amide bonds. The summed E-state index contributed by atoms with van der Waals surface area (Å²) >= 11 is 0. The Morgan fingerprint density at radius 3 is 2.35 bits per heavy atom. The van der Waals surface area contributed by atoms with E-state index in [1.165, 1.54) is 0 Å². The molecule has 1 aliphatic rings. The lowest BCUT2D eigenvalue weighted by molar-refractivity contribution is -0.134. The standard InChI is InChI=1S/C13H19N3O/c1-15-7-9-16(10-8-15)13(17)12(14)11-5-3-2-4-6-11/h2-6,12H,7-10,14H2,1H3. The van der Waals surface area contributed by atoms with E-state index in [9.17, 15) is 4.79 Å². The number of benzene rings is 1. The van der Waals surface area contributed by atoms with Gasteiger partial charge >= 0.3 is 0 Å².